The Hall–Kier alpha value is -2.35. The summed E-state index contributed by atoms with van der Waals surface area (Å²) >= 11 is 0. The number of nitriles is 1. The Morgan fingerprint density at radius 3 is 2.30 bits per heavy atom. The molecular formula is C26H34N4. The lowest BCUT2D eigenvalue weighted by Crippen LogP contribution is -2.53. The van der Waals surface area contributed by atoms with Crippen LogP contribution in [0.5, 0.6) is 0 Å². The van der Waals surface area contributed by atoms with Crippen molar-refractivity contribution in [1.29, 1.82) is 5.26 Å². The van der Waals surface area contributed by atoms with Crippen LogP contribution in [0.1, 0.15) is 37.3 Å². The number of hydrogen-bond acceptors (Lipinski definition) is 4. The Morgan fingerprint density at radius 2 is 1.70 bits per heavy atom. The number of nitrogens with zero attached hydrogens (tertiary/aromatic N) is 3. The van der Waals surface area contributed by atoms with Gasteiger partial charge in [-0.3, -0.25) is 0 Å². The molecule has 0 saturated carbocycles. The maximum atomic E-state index is 8.95. The first-order chi connectivity index (χ1) is 14.6. The molecule has 158 valence electrons. The predicted octanol–water partition coefficient (Wildman–Crippen LogP) is 4.01. The second-order valence-electron chi connectivity index (χ2n) is 9.33. The van der Waals surface area contributed by atoms with Gasteiger partial charge in [0.15, 0.2) is 0 Å². The van der Waals surface area contributed by atoms with Gasteiger partial charge < -0.3 is 15.5 Å². The van der Waals surface area contributed by atoms with E-state index in [-0.39, 0.29) is 5.41 Å². The summed E-state index contributed by atoms with van der Waals surface area (Å²) in [6.45, 7) is 9.03. The second-order valence-corrected chi connectivity index (χ2v) is 9.33. The van der Waals surface area contributed by atoms with E-state index >= 15 is 0 Å². The van der Waals surface area contributed by atoms with E-state index in [1.165, 1.54) is 43.7 Å². The third-order valence-electron chi connectivity index (χ3n) is 7.42. The van der Waals surface area contributed by atoms with Crippen molar-refractivity contribution < 1.29 is 0 Å². The topological polar surface area (TPSA) is 56.3 Å². The van der Waals surface area contributed by atoms with Gasteiger partial charge in [-0.05, 0) is 80.1 Å². The van der Waals surface area contributed by atoms with Crippen LogP contribution in [0.2, 0.25) is 0 Å². The lowest BCUT2D eigenvalue weighted by atomic mass is 9.66. The summed E-state index contributed by atoms with van der Waals surface area (Å²) in [5.41, 5.74) is 9.63. The summed E-state index contributed by atoms with van der Waals surface area (Å²) < 4.78 is 0. The lowest BCUT2D eigenvalue weighted by molar-refractivity contribution is 0.110. The molecule has 2 aliphatic heterocycles. The molecule has 2 heterocycles. The van der Waals surface area contributed by atoms with Crippen LogP contribution in [0.15, 0.2) is 54.6 Å². The van der Waals surface area contributed by atoms with Crippen molar-refractivity contribution >= 4 is 5.69 Å². The van der Waals surface area contributed by atoms with Crippen LogP contribution in [0.25, 0.3) is 0 Å². The van der Waals surface area contributed by atoms with Gasteiger partial charge in [0.25, 0.3) is 0 Å². The molecule has 4 nitrogen and oxygen atoms in total. The van der Waals surface area contributed by atoms with Gasteiger partial charge >= 0.3 is 0 Å². The molecule has 2 fully saturated rings. The number of likely N-dealkylation sites (tertiary alicyclic amines) is 1. The van der Waals surface area contributed by atoms with E-state index in [0.717, 1.165) is 37.5 Å². The Labute approximate surface area is 181 Å². The van der Waals surface area contributed by atoms with Crippen LogP contribution >= 0.6 is 0 Å². The van der Waals surface area contributed by atoms with Gasteiger partial charge in [0.2, 0.25) is 0 Å². The summed E-state index contributed by atoms with van der Waals surface area (Å²) in [7, 11) is 0. The van der Waals surface area contributed by atoms with E-state index in [1.54, 1.807) is 0 Å². The van der Waals surface area contributed by atoms with Gasteiger partial charge in [-0.2, -0.15) is 5.26 Å². The highest BCUT2D eigenvalue weighted by Gasteiger charge is 2.38. The quantitative estimate of drug-likeness (QED) is 0.760. The van der Waals surface area contributed by atoms with E-state index in [0.29, 0.717) is 5.92 Å². The molecule has 0 amide bonds. The summed E-state index contributed by atoms with van der Waals surface area (Å²) in [6.07, 6.45) is 3.58. The molecule has 0 unspecified atom stereocenters. The maximum Gasteiger partial charge on any atom is 0.0991 e. The highest BCUT2D eigenvalue weighted by atomic mass is 15.2. The third-order valence-corrected chi connectivity index (χ3v) is 7.42. The first kappa shape index (κ1) is 20.9. The number of nitrogens with two attached hydrogens (primary N) is 1. The fraction of sp³-hybridized carbons (Fsp3) is 0.500. The van der Waals surface area contributed by atoms with E-state index in [1.807, 2.05) is 12.1 Å². The normalized spacial score (nSPS) is 20.4. The molecule has 0 spiro atoms. The van der Waals surface area contributed by atoms with Crippen molar-refractivity contribution in [3.8, 4) is 6.07 Å². The van der Waals surface area contributed by atoms with Gasteiger partial charge in [-0.1, -0.05) is 37.3 Å². The van der Waals surface area contributed by atoms with Crippen LogP contribution in [-0.2, 0) is 5.41 Å². The van der Waals surface area contributed by atoms with E-state index in [9.17, 15) is 0 Å². The monoisotopic (exact) mass is 402 g/mol. The number of rotatable bonds is 7. The van der Waals surface area contributed by atoms with Gasteiger partial charge in [-0.15, -0.1) is 0 Å². The SMILES string of the molecule is C[C@](CCN)(c1ccccc1)C1CCN(CC2CN(c3ccc(C#N)cc3)C2)CC1. The molecule has 0 aromatic heterocycles. The minimum atomic E-state index is 0.185. The standard InChI is InChI=1S/C26H34N4/c1-26(13-14-27,23-5-3-2-4-6-23)24-11-15-29(16-12-24)18-22-19-30(20-22)25-9-7-21(17-28)8-10-25/h2-10,22,24H,11-16,18-20,27H2,1H3/t26-/m0/s1. The highest BCUT2D eigenvalue weighted by Crippen LogP contribution is 2.41. The van der Waals surface area contributed by atoms with Gasteiger partial charge in [0.05, 0.1) is 11.6 Å². The number of piperidine rings is 1. The minimum absolute atomic E-state index is 0.185. The molecule has 2 aliphatic rings. The molecule has 4 rings (SSSR count). The zero-order chi connectivity index (χ0) is 21.0. The summed E-state index contributed by atoms with van der Waals surface area (Å²) in [6, 6.07) is 21.2. The second kappa shape index (κ2) is 9.20. The van der Waals surface area contributed by atoms with Gasteiger partial charge in [0.1, 0.15) is 0 Å². The maximum absolute atomic E-state index is 8.95. The van der Waals surface area contributed by atoms with Crippen LogP contribution in [0, 0.1) is 23.2 Å². The summed E-state index contributed by atoms with van der Waals surface area (Å²) in [5.74, 6) is 1.46. The number of hydrogen-bond donors (Lipinski definition) is 1. The van der Waals surface area contributed by atoms with Crippen molar-refractivity contribution in [3.05, 3.63) is 65.7 Å². The lowest BCUT2D eigenvalue weighted by Gasteiger charge is -2.47. The molecule has 2 aromatic rings. The van der Waals surface area contributed by atoms with Gasteiger partial charge in [0, 0.05) is 31.2 Å². The molecule has 0 radical (unpaired) electrons. The van der Waals surface area contributed by atoms with E-state index in [4.69, 9.17) is 11.0 Å². The predicted molar refractivity (Wildman–Crippen MR) is 123 cm³/mol. The fourth-order valence-electron chi connectivity index (χ4n) is 5.46. The van der Waals surface area contributed by atoms with Crippen LogP contribution in [0.4, 0.5) is 5.69 Å². The molecule has 0 aliphatic carbocycles. The zero-order valence-electron chi connectivity index (χ0n) is 18.1. The molecule has 2 saturated heterocycles. The Balaban J connectivity index is 1.27. The Bertz CT molecular complexity index is 843. The molecule has 2 aromatic carbocycles. The average molecular weight is 403 g/mol. The first-order valence-corrected chi connectivity index (χ1v) is 11.4. The average Bonchev–Trinajstić information content (AvgIpc) is 2.77. The van der Waals surface area contributed by atoms with Crippen molar-refractivity contribution in [2.24, 2.45) is 17.6 Å². The molecule has 30 heavy (non-hydrogen) atoms. The Morgan fingerprint density at radius 1 is 1.03 bits per heavy atom. The molecule has 2 N–H and O–H groups in total. The van der Waals surface area contributed by atoms with Crippen molar-refractivity contribution in [3.63, 3.8) is 0 Å². The van der Waals surface area contributed by atoms with E-state index in [2.05, 4.69) is 65.3 Å². The minimum Gasteiger partial charge on any atom is -0.371 e. The van der Waals surface area contributed by atoms with Crippen LogP contribution in [-0.4, -0.2) is 44.2 Å². The highest BCUT2D eigenvalue weighted by molar-refractivity contribution is 5.51. The van der Waals surface area contributed by atoms with Crippen LogP contribution in [0.3, 0.4) is 0 Å². The van der Waals surface area contributed by atoms with Crippen molar-refractivity contribution in [2.75, 3.05) is 44.2 Å². The van der Waals surface area contributed by atoms with Crippen LogP contribution < -0.4 is 10.6 Å². The molecular weight excluding hydrogens is 368 g/mol. The number of benzene rings is 2. The van der Waals surface area contributed by atoms with Crippen molar-refractivity contribution in [2.45, 2.75) is 31.6 Å². The van der Waals surface area contributed by atoms with Crippen molar-refractivity contribution in [1.82, 2.24) is 4.90 Å². The summed E-state index contributed by atoms with van der Waals surface area (Å²) in [5, 5.41) is 8.95. The molecule has 4 heteroatoms. The molecule has 1 atom stereocenters. The van der Waals surface area contributed by atoms with E-state index < -0.39 is 0 Å². The first-order valence-electron chi connectivity index (χ1n) is 11.4. The van der Waals surface area contributed by atoms with Gasteiger partial charge in [-0.25, -0.2) is 0 Å². The summed E-state index contributed by atoms with van der Waals surface area (Å²) in [4.78, 5) is 5.09. The largest absolute Gasteiger partial charge is 0.371 e. The smallest absolute Gasteiger partial charge is 0.0991 e. The Kier molecular flexibility index (Phi) is 6.41. The third kappa shape index (κ3) is 4.38. The molecule has 0 bridgehead atoms. The fourth-order valence-corrected chi connectivity index (χ4v) is 5.46. The number of anilines is 1. The zero-order valence-corrected chi connectivity index (χ0v) is 18.1.